The van der Waals surface area contributed by atoms with E-state index in [1.54, 1.807) is 0 Å². The Balaban J connectivity index is 2.94. The van der Waals surface area contributed by atoms with E-state index in [-0.39, 0.29) is 5.54 Å². The van der Waals surface area contributed by atoms with Crippen molar-refractivity contribution in [1.29, 1.82) is 0 Å². The van der Waals surface area contributed by atoms with E-state index in [4.69, 9.17) is 29.6 Å². The molecule has 0 amide bonds. The summed E-state index contributed by atoms with van der Waals surface area (Å²) in [5.41, 5.74) is 0.597. The fraction of sp³-hybridized carbons (Fsp3) is 0.385. The number of hydrogen-bond donors (Lipinski definition) is 0. The maximum absolute atomic E-state index is 6.10. The van der Waals surface area contributed by atoms with Gasteiger partial charge in [0.1, 0.15) is 0 Å². The lowest BCUT2D eigenvalue weighted by Gasteiger charge is -2.31. The number of hydrogen-bond acceptors (Lipinski definition) is 1. The molecular formula is C13H15Cl2N. The SMILES string of the molecule is C#CC(C)(C)N(C)Cc1c(Cl)cccc1Cl. The second-order valence-corrected chi connectivity index (χ2v) is 5.07. The maximum Gasteiger partial charge on any atom is 0.0766 e. The summed E-state index contributed by atoms with van der Waals surface area (Å²) in [6, 6.07) is 5.50. The van der Waals surface area contributed by atoms with Crippen molar-refractivity contribution in [2.75, 3.05) is 7.05 Å². The number of rotatable bonds is 3. The normalized spacial score (nSPS) is 11.6. The van der Waals surface area contributed by atoms with E-state index >= 15 is 0 Å². The van der Waals surface area contributed by atoms with Gasteiger partial charge in [-0.25, -0.2) is 0 Å². The van der Waals surface area contributed by atoms with Gasteiger partial charge in [-0.05, 0) is 33.0 Å². The van der Waals surface area contributed by atoms with Crippen LogP contribution in [0.3, 0.4) is 0 Å². The average molecular weight is 256 g/mol. The Morgan fingerprint density at radius 3 is 2.25 bits per heavy atom. The zero-order valence-corrected chi connectivity index (χ0v) is 11.2. The van der Waals surface area contributed by atoms with Gasteiger partial charge in [-0.15, -0.1) is 6.42 Å². The summed E-state index contributed by atoms with van der Waals surface area (Å²) in [6.07, 6.45) is 5.48. The number of benzene rings is 1. The van der Waals surface area contributed by atoms with Crippen molar-refractivity contribution in [2.24, 2.45) is 0 Å². The molecule has 0 radical (unpaired) electrons. The van der Waals surface area contributed by atoms with Gasteiger partial charge in [-0.1, -0.05) is 35.2 Å². The summed E-state index contributed by atoms with van der Waals surface area (Å²) in [7, 11) is 1.96. The first-order valence-corrected chi connectivity index (χ1v) is 5.76. The van der Waals surface area contributed by atoms with E-state index in [0.717, 1.165) is 5.56 Å². The van der Waals surface area contributed by atoms with Crippen LogP contribution in [0.15, 0.2) is 18.2 Å². The maximum atomic E-state index is 6.10. The number of halogens is 2. The van der Waals surface area contributed by atoms with Crippen LogP contribution in [-0.2, 0) is 6.54 Å². The monoisotopic (exact) mass is 255 g/mol. The van der Waals surface area contributed by atoms with Crippen LogP contribution >= 0.6 is 23.2 Å². The van der Waals surface area contributed by atoms with E-state index in [2.05, 4.69) is 5.92 Å². The summed E-state index contributed by atoms with van der Waals surface area (Å²) >= 11 is 12.2. The molecule has 0 heterocycles. The van der Waals surface area contributed by atoms with Crippen LogP contribution in [0.25, 0.3) is 0 Å². The van der Waals surface area contributed by atoms with Gasteiger partial charge < -0.3 is 0 Å². The van der Waals surface area contributed by atoms with Crippen LogP contribution in [0.5, 0.6) is 0 Å². The molecule has 0 aliphatic carbocycles. The van der Waals surface area contributed by atoms with Crippen LogP contribution in [0.4, 0.5) is 0 Å². The predicted octanol–water partition coefficient (Wildman–Crippen LogP) is 3.84. The molecule has 16 heavy (non-hydrogen) atoms. The summed E-state index contributed by atoms with van der Waals surface area (Å²) in [4.78, 5) is 2.04. The largest absolute Gasteiger partial charge is 0.286 e. The Labute approximate surface area is 107 Å². The Bertz CT molecular complexity index is 398. The van der Waals surface area contributed by atoms with Gasteiger partial charge >= 0.3 is 0 Å². The van der Waals surface area contributed by atoms with Crippen LogP contribution in [-0.4, -0.2) is 17.5 Å². The van der Waals surface area contributed by atoms with E-state index in [1.807, 2.05) is 44.0 Å². The van der Waals surface area contributed by atoms with Crippen molar-refractivity contribution in [1.82, 2.24) is 4.90 Å². The van der Waals surface area contributed by atoms with Gasteiger partial charge in [-0.3, -0.25) is 4.90 Å². The molecule has 0 N–H and O–H groups in total. The molecule has 0 spiro atoms. The standard InChI is InChI=1S/C13H15Cl2N/c1-5-13(2,3)16(4)9-10-11(14)7-6-8-12(10)15/h1,6-8H,9H2,2-4H3. The number of nitrogens with zero attached hydrogens (tertiary/aromatic N) is 1. The van der Waals surface area contributed by atoms with Crippen molar-refractivity contribution in [3.05, 3.63) is 33.8 Å². The van der Waals surface area contributed by atoms with Gasteiger partial charge in [0.15, 0.2) is 0 Å². The topological polar surface area (TPSA) is 3.24 Å². The highest BCUT2D eigenvalue weighted by Gasteiger charge is 2.21. The molecule has 0 bridgehead atoms. The van der Waals surface area contributed by atoms with E-state index in [1.165, 1.54) is 0 Å². The first-order valence-electron chi connectivity index (χ1n) is 5.00. The van der Waals surface area contributed by atoms with E-state index < -0.39 is 0 Å². The summed E-state index contributed by atoms with van der Waals surface area (Å²) in [5.74, 6) is 2.74. The first kappa shape index (κ1) is 13.4. The Hall–Kier alpha value is -0.680. The first-order chi connectivity index (χ1) is 7.38. The molecule has 0 aromatic heterocycles. The van der Waals surface area contributed by atoms with Crippen molar-refractivity contribution >= 4 is 23.2 Å². The van der Waals surface area contributed by atoms with E-state index in [0.29, 0.717) is 16.6 Å². The quantitative estimate of drug-likeness (QED) is 0.743. The highest BCUT2D eigenvalue weighted by molar-refractivity contribution is 6.35. The molecule has 0 fully saturated rings. The molecule has 3 heteroatoms. The lowest BCUT2D eigenvalue weighted by atomic mass is 10.0. The van der Waals surface area contributed by atoms with Crippen LogP contribution < -0.4 is 0 Å². The van der Waals surface area contributed by atoms with Crippen molar-refractivity contribution in [3.8, 4) is 12.3 Å². The predicted molar refractivity (Wildman–Crippen MR) is 70.8 cm³/mol. The van der Waals surface area contributed by atoms with E-state index in [9.17, 15) is 0 Å². The second kappa shape index (κ2) is 5.10. The fourth-order valence-electron chi connectivity index (χ4n) is 1.23. The summed E-state index contributed by atoms with van der Waals surface area (Å²) < 4.78 is 0. The minimum absolute atomic E-state index is 0.317. The average Bonchev–Trinajstić information content (AvgIpc) is 2.23. The molecule has 0 unspecified atom stereocenters. The molecule has 1 aromatic rings. The minimum atomic E-state index is -0.317. The fourth-order valence-corrected chi connectivity index (χ4v) is 1.75. The van der Waals surface area contributed by atoms with Crippen molar-refractivity contribution in [2.45, 2.75) is 25.9 Å². The van der Waals surface area contributed by atoms with Gasteiger partial charge in [0, 0.05) is 22.2 Å². The minimum Gasteiger partial charge on any atom is -0.286 e. The van der Waals surface area contributed by atoms with Crippen LogP contribution in [0, 0.1) is 12.3 Å². The van der Waals surface area contributed by atoms with Gasteiger partial charge in [0.25, 0.3) is 0 Å². The third kappa shape index (κ3) is 2.92. The van der Waals surface area contributed by atoms with Gasteiger partial charge in [-0.2, -0.15) is 0 Å². The molecular weight excluding hydrogens is 241 g/mol. The molecule has 0 atom stereocenters. The molecule has 1 nitrogen and oxygen atoms in total. The second-order valence-electron chi connectivity index (χ2n) is 4.26. The molecule has 0 aliphatic heterocycles. The van der Waals surface area contributed by atoms with Crippen LogP contribution in [0.1, 0.15) is 19.4 Å². The Morgan fingerprint density at radius 1 is 1.31 bits per heavy atom. The molecule has 0 saturated carbocycles. The molecule has 1 rings (SSSR count). The van der Waals surface area contributed by atoms with Gasteiger partial charge in [0.2, 0.25) is 0 Å². The zero-order chi connectivity index (χ0) is 12.3. The number of terminal acetylenes is 1. The van der Waals surface area contributed by atoms with Crippen LogP contribution in [0.2, 0.25) is 10.0 Å². The third-order valence-electron chi connectivity index (χ3n) is 2.76. The molecule has 0 aliphatic rings. The highest BCUT2D eigenvalue weighted by atomic mass is 35.5. The van der Waals surface area contributed by atoms with Crippen molar-refractivity contribution < 1.29 is 0 Å². The summed E-state index contributed by atoms with van der Waals surface area (Å²) in [5, 5.41) is 1.35. The Kier molecular flexibility index (Phi) is 4.27. The van der Waals surface area contributed by atoms with Gasteiger partial charge in [0.05, 0.1) is 5.54 Å². The highest BCUT2D eigenvalue weighted by Crippen LogP contribution is 2.27. The van der Waals surface area contributed by atoms with Crippen molar-refractivity contribution in [3.63, 3.8) is 0 Å². The lowest BCUT2D eigenvalue weighted by Crippen LogP contribution is -2.39. The zero-order valence-electron chi connectivity index (χ0n) is 9.72. The smallest absolute Gasteiger partial charge is 0.0766 e. The lowest BCUT2D eigenvalue weighted by molar-refractivity contribution is 0.205. The molecule has 86 valence electrons. The molecule has 1 aromatic carbocycles. The third-order valence-corrected chi connectivity index (χ3v) is 3.47. The summed E-state index contributed by atoms with van der Waals surface area (Å²) in [6.45, 7) is 4.60. The Morgan fingerprint density at radius 2 is 1.81 bits per heavy atom. The molecule has 0 saturated heterocycles.